The Balaban J connectivity index is 1.90. The molecule has 0 unspecified atom stereocenters. The van der Waals surface area contributed by atoms with Crippen LogP contribution in [0.25, 0.3) is 0 Å². The molecule has 3 nitrogen and oxygen atoms in total. The molecule has 4 heteroatoms. The van der Waals surface area contributed by atoms with Crippen LogP contribution in [0.4, 0.5) is 4.39 Å². The van der Waals surface area contributed by atoms with Gasteiger partial charge >= 0.3 is 0 Å². The Morgan fingerprint density at radius 2 is 2.28 bits per heavy atom. The summed E-state index contributed by atoms with van der Waals surface area (Å²) in [4.78, 5) is 3.96. The minimum atomic E-state index is -0.325. The van der Waals surface area contributed by atoms with Gasteiger partial charge in [0.15, 0.2) is 5.82 Å². The van der Waals surface area contributed by atoms with E-state index in [0.29, 0.717) is 30.6 Å². The fraction of sp³-hybridized carbons (Fsp3) is 0.643. The lowest BCUT2D eigenvalue weighted by Crippen LogP contribution is -2.20. The summed E-state index contributed by atoms with van der Waals surface area (Å²) >= 11 is 0. The van der Waals surface area contributed by atoms with Crippen LogP contribution in [0.5, 0.6) is 5.88 Å². The average Bonchev–Trinajstić information content (AvgIpc) is 3.13. The fourth-order valence-electron chi connectivity index (χ4n) is 1.68. The first-order valence-electron chi connectivity index (χ1n) is 6.63. The van der Waals surface area contributed by atoms with Gasteiger partial charge in [-0.2, -0.15) is 0 Å². The van der Waals surface area contributed by atoms with Crippen molar-refractivity contribution in [1.82, 2.24) is 10.3 Å². The van der Waals surface area contributed by atoms with E-state index in [2.05, 4.69) is 24.1 Å². The summed E-state index contributed by atoms with van der Waals surface area (Å²) in [6.07, 6.45) is 3.99. The molecule has 1 saturated carbocycles. The number of rotatable bonds is 7. The molecule has 0 aliphatic heterocycles. The predicted molar refractivity (Wildman–Crippen MR) is 69.0 cm³/mol. The van der Waals surface area contributed by atoms with Crippen molar-refractivity contribution in [1.29, 1.82) is 0 Å². The van der Waals surface area contributed by atoms with E-state index in [0.717, 1.165) is 6.54 Å². The Labute approximate surface area is 108 Å². The molecule has 1 N–H and O–H groups in total. The van der Waals surface area contributed by atoms with Crippen molar-refractivity contribution < 1.29 is 9.13 Å². The number of aromatic nitrogens is 1. The molecule has 0 spiro atoms. The van der Waals surface area contributed by atoms with Gasteiger partial charge in [0.25, 0.3) is 5.88 Å². The van der Waals surface area contributed by atoms with E-state index in [1.54, 1.807) is 12.3 Å². The smallest absolute Gasteiger partial charge is 0.250 e. The van der Waals surface area contributed by atoms with E-state index < -0.39 is 0 Å². The topological polar surface area (TPSA) is 34.2 Å². The van der Waals surface area contributed by atoms with Gasteiger partial charge in [0.1, 0.15) is 0 Å². The third kappa shape index (κ3) is 3.95. The third-order valence-electron chi connectivity index (χ3n) is 2.96. The molecule has 0 radical (unpaired) electrons. The second-order valence-electron chi connectivity index (χ2n) is 5.37. The van der Waals surface area contributed by atoms with Crippen LogP contribution >= 0.6 is 0 Å². The Hall–Kier alpha value is -1.16. The van der Waals surface area contributed by atoms with Crippen LogP contribution < -0.4 is 10.1 Å². The Morgan fingerprint density at radius 3 is 2.94 bits per heavy atom. The van der Waals surface area contributed by atoms with Gasteiger partial charge in [0.05, 0.1) is 6.61 Å². The number of nitrogens with one attached hydrogen (secondary N) is 1. The van der Waals surface area contributed by atoms with Crippen molar-refractivity contribution in [2.45, 2.75) is 33.2 Å². The molecule has 1 aliphatic carbocycles. The molecule has 0 aromatic carbocycles. The largest absolute Gasteiger partial charge is 0.475 e. The van der Waals surface area contributed by atoms with Crippen molar-refractivity contribution in [3.05, 3.63) is 23.6 Å². The van der Waals surface area contributed by atoms with Gasteiger partial charge in [0, 0.05) is 18.3 Å². The monoisotopic (exact) mass is 252 g/mol. The number of hydrogen-bond donors (Lipinski definition) is 1. The van der Waals surface area contributed by atoms with Crippen LogP contribution in [0.1, 0.15) is 32.3 Å². The van der Waals surface area contributed by atoms with Crippen molar-refractivity contribution in [3.63, 3.8) is 0 Å². The molecule has 0 amide bonds. The Bertz CT molecular complexity index is 391. The summed E-state index contributed by atoms with van der Waals surface area (Å²) in [6, 6.07) is 1.70. The van der Waals surface area contributed by atoms with Crippen LogP contribution in [-0.2, 0) is 6.54 Å². The number of pyridine rings is 1. The highest BCUT2D eigenvalue weighted by atomic mass is 19.1. The normalized spacial score (nSPS) is 15.1. The van der Waals surface area contributed by atoms with Gasteiger partial charge in [-0.3, -0.25) is 0 Å². The molecular weight excluding hydrogens is 231 g/mol. The first kappa shape index (κ1) is 13.3. The maximum atomic E-state index is 14.0. The molecule has 1 aliphatic rings. The molecule has 18 heavy (non-hydrogen) atoms. The van der Waals surface area contributed by atoms with Gasteiger partial charge in [0.2, 0.25) is 0 Å². The molecule has 1 aromatic heterocycles. The zero-order valence-corrected chi connectivity index (χ0v) is 11.1. The second-order valence-corrected chi connectivity index (χ2v) is 5.37. The zero-order chi connectivity index (χ0) is 13.0. The van der Waals surface area contributed by atoms with E-state index in [1.165, 1.54) is 12.8 Å². The highest BCUT2D eigenvalue weighted by Gasteiger charge is 2.23. The van der Waals surface area contributed by atoms with E-state index >= 15 is 0 Å². The van der Waals surface area contributed by atoms with E-state index in [4.69, 9.17) is 4.74 Å². The van der Waals surface area contributed by atoms with Gasteiger partial charge in [-0.1, -0.05) is 13.8 Å². The summed E-state index contributed by atoms with van der Waals surface area (Å²) in [6.45, 7) is 6.24. The van der Waals surface area contributed by atoms with Crippen molar-refractivity contribution in [2.24, 2.45) is 11.8 Å². The Morgan fingerprint density at radius 1 is 1.50 bits per heavy atom. The van der Waals surface area contributed by atoms with E-state index in [9.17, 15) is 4.39 Å². The lowest BCUT2D eigenvalue weighted by Gasteiger charge is -2.10. The number of ether oxygens (including phenoxy) is 1. The van der Waals surface area contributed by atoms with Crippen LogP contribution in [0, 0.1) is 17.7 Å². The summed E-state index contributed by atoms with van der Waals surface area (Å²) < 4.78 is 19.5. The molecule has 1 fully saturated rings. The van der Waals surface area contributed by atoms with Gasteiger partial charge in [-0.15, -0.1) is 0 Å². The fourth-order valence-corrected chi connectivity index (χ4v) is 1.68. The quantitative estimate of drug-likeness (QED) is 0.810. The maximum Gasteiger partial charge on any atom is 0.250 e. The first-order valence-corrected chi connectivity index (χ1v) is 6.63. The van der Waals surface area contributed by atoms with Crippen LogP contribution in [-0.4, -0.2) is 18.1 Å². The zero-order valence-electron chi connectivity index (χ0n) is 11.1. The van der Waals surface area contributed by atoms with Gasteiger partial charge < -0.3 is 10.1 Å². The summed E-state index contributed by atoms with van der Waals surface area (Å²) in [5.74, 6) is 0.981. The lowest BCUT2D eigenvalue weighted by molar-refractivity contribution is 0.272. The molecule has 100 valence electrons. The second kappa shape index (κ2) is 6.14. The predicted octanol–water partition coefficient (Wildman–Crippen LogP) is 2.76. The average molecular weight is 252 g/mol. The third-order valence-corrected chi connectivity index (χ3v) is 2.96. The highest BCUT2D eigenvalue weighted by Crippen LogP contribution is 2.29. The molecule has 0 bridgehead atoms. The van der Waals surface area contributed by atoms with E-state index in [1.807, 2.05) is 0 Å². The molecular formula is C14H21FN2O. The van der Waals surface area contributed by atoms with Gasteiger partial charge in [-0.05, 0) is 37.3 Å². The first-order chi connectivity index (χ1) is 8.66. The van der Waals surface area contributed by atoms with Crippen molar-refractivity contribution in [2.75, 3.05) is 13.2 Å². The summed E-state index contributed by atoms with van der Waals surface area (Å²) in [7, 11) is 0. The Kier molecular flexibility index (Phi) is 4.53. The lowest BCUT2D eigenvalue weighted by atomic mass is 10.2. The summed E-state index contributed by atoms with van der Waals surface area (Å²) in [5.41, 5.74) is 0.622. The van der Waals surface area contributed by atoms with Crippen molar-refractivity contribution >= 4 is 0 Å². The van der Waals surface area contributed by atoms with Crippen LogP contribution in [0.3, 0.4) is 0 Å². The molecule has 0 saturated heterocycles. The molecule has 0 atom stereocenters. The summed E-state index contributed by atoms with van der Waals surface area (Å²) in [5, 5.41) is 3.22. The minimum absolute atomic E-state index is 0.144. The molecule has 1 aromatic rings. The number of halogens is 1. The van der Waals surface area contributed by atoms with Gasteiger partial charge in [-0.25, -0.2) is 9.37 Å². The maximum absolute atomic E-state index is 14.0. The van der Waals surface area contributed by atoms with Crippen molar-refractivity contribution in [3.8, 4) is 5.88 Å². The minimum Gasteiger partial charge on any atom is -0.475 e. The molecule has 1 heterocycles. The number of hydrogen-bond acceptors (Lipinski definition) is 3. The van der Waals surface area contributed by atoms with Crippen LogP contribution in [0.2, 0.25) is 0 Å². The van der Waals surface area contributed by atoms with E-state index in [-0.39, 0.29) is 11.7 Å². The number of nitrogens with zero attached hydrogens (tertiary/aromatic N) is 1. The SMILES string of the molecule is CC(C)CNCc1ccnc(OCC2CC2)c1F. The molecule has 2 rings (SSSR count). The highest BCUT2D eigenvalue weighted by molar-refractivity contribution is 5.23. The standard InChI is InChI=1S/C14H21FN2O/c1-10(2)7-16-8-12-5-6-17-14(13(12)15)18-9-11-3-4-11/h5-6,10-11,16H,3-4,7-9H2,1-2H3. The van der Waals surface area contributed by atoms with Crippen LogP contribution in [0.15, 0.2) is 12.3 Å².